The summed E-state index contributed by atoms with van der Waals surface area (Å²) in [5, 5.41) is 0. The van der Waals surface area contributed by atoms with Crippen LogP contribution in [0, 0.1) is 0 Å². The van der Waals surface area contributed by atoms with E-state index in [0.717, 1.165) is 11.3 Å². The van der Waals surface area contributed by atoms with E-state index in [1.165, 1.54) is 0 Å². The summed E-state index contributed by atoms with van der Waals surface area (Å²) in [5.41, 5.74) is 2.15. The number of benzene rings is 2. The van der Waals surface area contributed by atoms with E-state index in [2.05, 4.69) is 0 Å². The zero-order valence-corrected chi connectivity index (χ0v) is 12.1. The van der Waals surface area contributed by atoms with Crippen LogP contribution >= 0.6 is 0 Å². The lowest BCUT2D eigenvalue weighted by molar-refractivity contribution is 0.0989. The molecule has 0 amide bonds. The zero-order valence-electron chi connectivity index (χ0n) is 12.1. The largest absolute Gasteiger partial charge is 0.497 e. The maximum Gasteiger partial charge on any atom is 0.197 e. The first-order valence-corrected chi connectivity index (χ1v) is 6.91. The molecule has 0 atom stereocenters. The molecule has 0 aromatic heterocycles. The Balaban J connectivity index is 1.83. The summed E-state index contributed by atoms with van der Waals surface area (Å²) in [4.78, 5) is 24.4. The number of carbonyl (C=O) groups excluding carboxylic acids is 2. The highest BCUT2D eigenvalue weighted by Gasteiger charge is 2.31. The quantitative estimate of drug-likeness (QED) is 0.639. The maximum atomic E-state index is 12.2. The fourth-order valence-corrected chi connectivity index (χ4v) is 2.39. The van der Waals surface area contributed by atoms with Crippen molar-refractivity contribution in [3.05, 3.63) is 82.9 Å². The first-order chi connectivity index (χ1) is 10.7. The van der Waals surface area contributed by atoms with Gasteiger partial charge in [-0.3, -0.25) is 9.59 Å². The normalized spacial score (nSPS) is 13.6. The monoisotopic (exact) mass is 290 g/mol. The smallest absolute Gasteiger partial charge is 0.197 e. The average Bonchev–Trinajstić information content (AvgIpc) is 2.81. The van der Waals surface area contributed by atoms with Gasteiger partial charge < -0.3 is 4.74 Å². The molecule has 2 aromatic rings. The number of fused-ring (bicyclic) bond motifs is 1. The van der Waals surface area contributed by atoms with E-state index < -0.39 is 0 Å². The van der Waals surface area contributed by atoms with Gasteiger partial charge in [-0.15, -0.1) is 0 Å². The molecule has 0 saturated heterocycles. The van der Waals surface area contributed by atoms with E-state index in [0.29, 0.717) is 11.1 Å². The molecule has 0 radical (unpaired) electrons. The van der Waals surface area contributed by atoms with Crippen molar-refractivity contribution in [3.8, 4) is 5.75 Å². The van der Waals surface area contributed by atoms with Crippen molar-refractivity contribution >= 4 is 17.6 Å². The highest BCUT2D eigenvalue weighted by molar-refractivity contribution is 6.39. The Labute approximate surface area is 128 Å². The molecule has 2 aromatic carbocycles. The van der Waals surface area contributed by atoms with Gasteiger partial charge in [0, 0.05) is 11.1 Å². The Kier molecular flexibility index (Phi) is 3.71. The summed E-state index contributed by atoms with van der Waals surface area (Å²) >= 11 is 0. The minimum atomic E-state index is -0.208. The SMILES string of the molecule is COc1ccc(C=CC=C2C(=O)c3ccccc3C2=O)cc1. The standard InChI is InChI=1S/C19H14O3/c1-22-14-11-9-13(10-12-14)5-4-8-17-18(20)15-6-2-3-7-16(15)19(17)21/h2-12H,1H3. The van der Waals surface area contributed by atoms with Crippen molar-refractivity contribution in [1.82, 2.24) is 0 Å². The van der Waals surface area contributed by atoms with Crippen molar-refractivity contribution in [2.45, 2.75) is 0 Å². The number of ether oxygens (including phenoxy) is 1. The van der Waals surface area contributed by atoms with Crippen LogP contribution in [0.15, 0.2) is 66.3 Å². The molecule has 3 nitrogen and oxygen atoms in total. The number of rotatable bonds is 3. The molecule has 0 saturated carbocycles. The average molecular weight is 290 g/mol. The molecule has 0 unspecified atom stereocenters. The van der Waals surface area contributed by atoms with Crippen molar-refractivity contribution in [1.29, 1.82) is 0 Å². The maximum absolute atomic E-state index is 12.2. The van der Waals surface area contributed by atoms with Crippen LogP contribution in [0.5, 0.6) is 5.75 Å². The van der Waals surface area contributed by atoms with Gasteiger partial charge in [0.2, 0.25) is 0 Å². The number of methoxy groups -OCH3 is 1. The minimum absolute atomic E-state index is 0.208. The van der Waals surface area contributed by atoms with Gasteiger partial charge in [0.15, 0.2) is 11.6 Å². The van der Waals surface area contributed by atoms with Gasteiger partial charge in [-0.2, -0.15) is 0 Å². The van der Waals surface area contributed by atoms with E-state index in [4.69, 9.17) is 4.74 Å². The second kappa shape index (κ2) is 5.82. The molecule has 22 heavy (non-hydrogen) atoms. The number of Topliss-reactive ketones (excluding diaryl/α,β-unsaturated/α-hetero) is 2. The van der Waals surface area contributed by atoms with E-state index in [1.54, 1.807) is 43.5 Å². The van der Waals surface area contributed by atoms with Crippen molar-refractivity contribution < 1.29 is 14.3 Å². The van der Waals surface area contributed by atoms with Gasteiger partial charge >= 0.3 is 0 Å². The van der Waals surface area contributed by atoms with Crippen LogP contribution in [-0.4, -0.2) is 18.7 Å². The lowest BCUT2D eigenvalue weighted by Crippen LogP contribution is -1.99. The van der Waals surface area contributed by atoms with Crippen molar-refractivity contribution in [3.63, 3.8) is 0 Å². The first-order valence-electron chi connectivity index (χ1n) is 6.91. The lowest BCUT2D eigenvalue weighted by atomic mass is 10.1. The molecule has 108 valence electrons. The highest BCUT2D eigenvalue weighted by atomic mass is 16.5. The Bertz CT molecular complexity index is 759. The molecule has 0 bridgehead atoms. The molecule has 0 N–H and O–H groups in total. The predicted octanol–water partition coefficient (Wildman–Crippen LogP) is 3.71. The summed E-state index contributed by atoms with van der Waals surface area (Å²) in [6.45, 7) is 0. The molecule has 0 aliphatic heterocycles. The van der Waals surface area contributed by atoms with Crippen molar-refractivity contribution in [2.24, 2.45) is 0 Å². The topological polar surface area (TPSA) is 43.4 Å². The van der Waals surface area contributed by atoms with Gasteiger partial charge in [0.25, 0.3) is 0 Å². The summed E-state index contributed by atoms with van der Waals surface area (Å²) in [7, 11) is 1.62. The fraction of sp³-hybridized carbons (Fsp3) is 0.0526. The third-order valence-corrected chi connectivity index (χ3v) is 3.57. The third-order valence-electron chi connectivity index (χ3n) is 3.57. The molecular weight excluding hydrogens is 276 g/mol. The number of hydrogen-bond donors (Lipinski definition) is 0. The van der Waals surface area contributed by atoms with Crippen LogP contribution in [0.1, 0.15) is 26.3 Å². The molecule has 0 heterocycles. The van der Waals surface area contributed by atoms with Crippen LogP contribution in [0.3, 0.4) is 0 Å². The molecule has 3 rings (SSSR count). The highest BCUT2D eigenvalue weighted by Crippen LogP contribution is 2.26. The number of ketones is 2. The van der Waals surface area contributed by atoms with E-state index >= 15 is 0 Å². The van der Waals surface area contributed by atoms with Gasteiger partial charge in [-0.1, -0.05) is 48.6 Å². The summed E-state index contributed by atoms with van der Waals surface area (Å²) in [5.74, 6) is 0.368. The van der Waals surface area contributed by atoms with Gasteiger partial charge in [0.1, 0.15) is 5.75 Å². The number of hydrogen-bond acceptors (Lipinski definition) is 3. The van der Waals surface area contributed by atoms with Crippen LogP contribution in [0.4, 0.5) is 0 Å². The molecule has 1 aliphatic carbocycles. The Morgan fingerprint density at radius 3 is 2.00 bits per heavy atom. The Morgan fingerprint density at radius 1 is 0.864 bits per heavy atom. The molecule has 0 fully saturated rings. The first kappa shape index (κ1) is 14.0. The van der Waals surface area contributed by atoms with Crippen LogP contribution in [0.25, 0.3) is 6.08 Å². The zero-order chi connectivity index (χ0) is 15.5. The number of allylic oxidation sites excluding steroid dienone is 3. The minimum Gasteiger partial charge on any atom is -0.497 e. The van der Waals surface area contributed by atoms with Crippen molar-refractivity contribution in [2.75, 3.05) is 7.11 Å². The van der Waals surface area contributed by atoms with Crippen LogP contribution < -0.4 is 4.74 Å². The van der Waals surface area contributed by atoms with Crippen LogP contribution in [-0.2, 0) is 0 Å². The second-order valence-electron chi connectivity index (χ2n) is 4.92. The fourth-order valence-electron chi connectivity index (χ4n) is 2.39. The predicted molar refractivity (Wildman–Crippen MR) is 85.2 cm³/mol. The summed E-state index contributed by atoms with van der Waals surface area (Å²) in [6.07, 6.45) is 5.14. The van der Waals surface area contributed by atoms with Gasteiger partial charge in [-0.25, -0.2) is 0 Å². The van der Waals surface area contributed by atoms with E-state index in [-0.39, 0.29) is 17.1 Å². The summed E-state index contributed by atoms with van der Waals surface area (Å²) < 4.78 is 5.09. The third kappa shape index (κ3) is 2.49. The lowest BCUT2D eigenvalue weighted by Gasteiger charge is -1.98. The number of carbonyl (C=O) groups is 2. The van der Waals surface area contributed by atoms with Gasteiger partial charge in [-0.05, 0) is 23.8 Å². The van der Waals surface area contributed by atoms with Gasteiger partial charge in [0.05, 0.1) is 12.7 Å². The van der Waals surface area contributed by atoms with E-state index in [9.17, 15) is 9.59 Å². The Morgan fingerprint density at radius 2 is 1.45 bits per heavy atom. The molecule has 0 spiro atoms. The summed E-state index contributed by atoms with van der Waals surface area (Å²) in [6, 6.07) is 14.4. The van der Waals surface area contributed by atoms with E-state index in [1.807, 2.05) is 30.3 Å². The molecule has 3 heteroatoms. The van der Waals surface area contributed by atoms with Crippen LogP contribution in [0.2, 0.25) is 0 Å². The molecular formula is C19H14O3. The molecule has 1 aliphatic rings. The second-order valence-corrected chi connectivity index (χ2v) is 4.92. The Hall–Kier alpha value is -2.94.